The average molecular weight is 243 g/mol. The van der Waals surface area contributed by atoms with Crippen LogP contribution in [0, 0.1) is 5.41 Å². The molecule has 2 rings (SSSR count). The molecule has 0 aromatic rings. The van der Waals surface area contributed by atoms with Crippen LogP contribution in [0.1, 0.15) is 12.8 Å². The summed E-state index contributed by atoms with van der Waals surface area (Å²) in [5.41, 5.74) is 6.23. The van der Waals surface area contributed by atoms with Crippen LogP contribution in [-0.2, 0) is 4.74 Å². The summed E-state index contributed by atoms with van der Waals surface area (Å²) < 4.78 is 5.30. The van der Waals surface area contributed by atoms with E-state index in [1.165, 1.54) is 19.4 Å². The normalized spacial score (nSPS) is 24.6. The first kappa shape index (κ1) is 14.5. The van der Waals surface area contributed by atoms with Gasteiger partial charge in [0, 0.05) is 19.6 Å². The van der Waals surface area contributed by atoms with E-state index in [0.29, 0.717) is 5.41 Å². The number of rotatable bonds is 3. The van der Waals surface area contributed by atoms with Gasteiger partial charge in [-0.25, -0.2) is 0 Å². The van der Waals surface area contributed by atoms with Crippen LogP contribution in [0.5, 0.6) is 0 Å². The Bertz CT molecular complexity index is 159. The number of nitrogens with zero attached hydrogens (tertiary/aromatic N) is 1. The van der Waals surface area contributed by atoms with Crippen molar-refractivity contribution >= 4 is 24.8 Å². The zero-order valence-corrected chi connectivity index (χ0v) is 10.0. The highest BCUT2D eigenvalue weighted by molar-refractivity contribution is 5.85. The third-order valence-electron chi connectivity index (χ3n) is 3.05. The monoisotopic (exact) mass is 242 g/mol. The van der Waals surface area contributed by atoms with E-state index >= 15 is 0 Å². The van der Waals surface area contributed by atoms with Gasteiger partial charge in [-0.05, 0) is 24.8 Å². The third kappa shape index (κ3) is 3.55. The van der Waals surface area contributed by atoms with Crippen LogP contribution in [0.2, 0.25) is 0 Å². The van der Waals surface area contributed by atoms with E-state index in [1.807, 2.05) is 0 Å². The fourth-order valence-corrected chi connectivity index (χ4v) is 1.84. The molecular weight excluding hydrogens is 223 g/mol. The molecule has 0 amide bonds. The fraction of sp³-hybridized carbons (Fsp3) is 1.00. The van der Waals surface area contributed by atoms with Crippen molar-refractivity contribution in [3.05, 3.63) is 0 Å². The van der Waals surface area contributed by atoms with E-state index < -0.39 is 0 Å². The molecule has 1 saturated heterocycles. The minimum absolute atomic E-state index is 0. The van der Waals surface area contributed by atoms with Crippen molar-refractivity contribution in [1.82, 2.24) is 4.90 Å². The van der Waals surface area contributed by atoms with E-state index in [9.17, 15) is 0 Å². The molecule has 0 bridgehead atoms. The van der Waals surface area contributed by atoms with Crippen molar-refractivity contribution < 1.29 is 4.74 Å². The Labute approximate surface area is 98.2 Å². The minimum atomic E-state index is 0. The number of nitrogens with two attached hydrogens (primary N) is 1. The predicted molar refractivity (Wildman–Crippen MR) is 62.5 cm³/mol. The van der Waals surface area contributed by atoms with Crippen molar-refractivity contribution in [2.24, 2.45) is 11.1 Å². The first-order chi connectivity index (χ1) is 5.85. The number of morpholine rings is 1. The zero-order chi connectivity index (χ0) is 8.44. The first-order valence-electron chi connectivity index (χ1n) is 4.85. The van der Waals surface area contributed by atoms with E-state index in [4.69, 9.17) is 10.5 Å². The van der Waals surface area contributed by atoms with Crippen molar-refractivity contribution in [3.8, 4) is 0 Å². The Morgan fingerprint density at radius 1 is 1.14 bits per heavy atom. The Morgan fingerprint density at radius 2 is 1.71 bits per heavy atom. The summed E-state index contributed by atoms with van der Waals surface area (Å²) in [4.78, 5) is 2.49. The fourth-order valence-electron chi connectivity index (χ4n) is 1.84. The molecule has 1 aliphatic heterocycles. The molecule has 2 fully saturated rings. The van der Waals surface area contributed by atoms with E-state index in [1.54, 1.807) is 0 Å². The van der Waals surface area contributed by atoms with Gasteiger partial charge in [-0.3, -0.25) is 4.90 Å². The largest absolute Gasteiger partial charge is 0.379 e. The number of ether oxygens (including phenoxy) is 1. The molecule has 2 N–H and O–H groups in total. The van der Waals surface area contributed by atoms with Gasteiger partial charge in [0.05, 0.1) is 13.2 Å². The average Bonchev–Trinajstić information content (AvgIpc) is 2.88. The van der Waals surface area contributed by atoms with E-state index in [-0.39, 0.29) is 24.8 Å². The Hall–Kier alpha value is 0.460. The van der Waals surface area contributed by atoms with Gasteiger partial charge in [0.1, 0.15) is 0 Å². The quantitative estimate of drug-likeness (QED) is 0.800. The number of hydrogen-bond acceptors (Lipinski definition) is 3. The van der Waals surface area contributed by atoms with Gasteiger partial charge in [0.2, 0.25) is 0 Å². The molecule has 5 heteroatoms. The van der Waals surface area contributed by atoms with Gasteiger partial charge in [-0.15, -0.1) is 24.8 Å². The molecule has 0 spiro atoms. The first-order valence-corrected chi connectivity index (χ1v) is 4.85. The highest BCUT2D eigenvalue weighted by Gasteiger charge is 2.42. The van der Waals surface area contributed by atoms with Crippen LogP contribution >= 0.6 is 24.8 Å². The maximum absolute atomic E-state index is 5.73. The lowest BCUT2D eigenvalue weighted by molar-refractivity contribution is 0.0291. The van der Waals surface area contributed by atoms with Crippen molar-refractivity contribution in [2.45, 2.75) is 12.8 Å². The maximum Gasteiger partial charge on any atom is 0.0594 e. The summed E-state index contributed by atoms with van der Waals surface area (Å²) in [6.07, 6.45) is 2.67. The molecule has 0 unspecified atom stereocenters. The molecule has 3 nitrogen and oxygen atoms in total. The summed E-state index contributed by atoms with van der Waals surface area (Å²) in [5, 5.41) is 0. The van der Waals surface area contributed by atoms with Gasteiger partial charge in [0.15, 0.2) is 0 Å². The topological polar surface area (TPSA) is 38.5 Å². The van der Waals surface area contributed by atoms with Crippen LogP contribution in [0.15, 0.2) is 0 Å². The molecule has 0 aromatic carbocycles. The molecule has 14 heavy (non-hydrogen) atoms. The van der Waals surface area contributed by atoms with Crippen molar-refractivity contribution in [3.63, 3.8) is 0 Å². The summed E-state index contributed by atoms with van der Waals surface area (Å²) in [5.74, 6) is 0. The van der Waals surface area contributed by atoms with Crippen LogP contribution in [0.3, 0.4) is 0 Å². The molecule has 0 atom stereocenters. The summed E-state index contributed by atoms with van der Waals surface area (Å²) in [7, 11) is 0. The summed E-state index contributed by atoms with van der Waals surface area (Å²) in [6, 6.07) is 0. The van der Waals surface area contributed by atoms with Gasteiger partial charge in [0.25, 0.3) is 0 Å². The van der Waals surface area contributed by atoms with Gasteiger partial charge in [-0.1, -0.05) is 0 Å². The zero-order valence-electron chi connectivity index (χ0n) is 8.41. The second kappa shape index (κ2) is 6.13. The SMILES string of the molecule is Cl.Cl.NCC1(CN2CCOCC2)CC1. The van der Waals surface area contributed by atoms with Gasteiger partial charge < -0.3 is 10.5 Å². The van der Waals surface area contributed by atoms with Crippen LogP contribution in [0.4, 0.5) is 0 Å². The van der Waals surface area contributed by atoms with Crippen molar-refractivity contribution in [2.75, 3.05) is 39.4 Å². The van der Waals surface area contributed by atoms with Crippen LogP contribution in [-0.4, -0.2) is 44.3 Å². The lowest BCUT2D eigenvalue weighted by Gasteiger charge is -2.29. The molecule has 0 aromatic heterocycles. The molecule has 2 aliphatic rings. The standard InChI is InChI=1S/C9H18N2O.2ClH/c10-7-9(1-2-9)8-11-3-5-12-6-4-11;;/h1-8,10H2;2*1H. The molecular formula is C9H20Cl2N2O. The minimum Gasteiger partial charge on any atom is -0.379 e. The van der Waals surface area contributed by atoms with Crippen LogP contribution in [0.25, 0.3) is 0 Å². The molecule has 1 heterocycles. The highest BCUT2D eigenvalue weighted by atomic mass is 35.5. The van der Waals surface area contributed by atoms with Gasteiger partial charge >= 0.3 is 0 Å². The third-order valence-corrected chi connectivity index (χ3v) is 3.05. The lowest BCUT2D eigenvalue weighted by atomic mass is 10.1. The smallest absolute Gasteiger partial charge is 0.0594 e. The highest BCUT2D eigenvalue weighted by Crippen LogP contribution is 2.45. The Kier molecular flexibility index (Phi) is 6.33. The molecule has 1 aliphatic carbocycles. The van der Waals surface area contributed by atoms with Gasteiger partial charge in [-0.2, -0.15) is 0 Å². The molecule has 1 saturated carbocycles. The maximum atomic E-state index is 5.73. The second-order valence-electron chi connectivity index (χ2n) is 4.09. The van der Waals surface area contributed by atoms with E-state index in [2.05, 4.69) is 4.90 Å². The summed E-state index contributed by atoms with van der Waals surface area (Å²) in [6.45, 7) is 6.07. The van der Waals surface area contributed by atoms with Crippen molar-refractivity contribution in [1.29, 1.82) is 0 Å². The summed E-state index contributed by atoms with van der Waals surface area (Å²) >= 11 is 0. The number of hydrogen-bond donors (Lipinski definition) is 1. The Balaban J connectivity index is 0.000000845. The molecule has 86 valence electrons. The second-order valence-corrected chi connectivity index (χ2v) is 4.09. The van der Waals surface area contributed by atoms with E-state index in [0.717, 1.165) is 32.8 Å². The predicted octanol–water partition coefficient (Wildman–Crippen LogP) is 0.901. The lowest BCUT2D eigenvalue weighted by Crippen LogP contribution is -2.41. The van der Waals surface area contributed by atoms with Crippen LogP contribution < -0.4 is 5.73 Å². The number of halogens is 2. The molecule has 0 radical (unpaired) electrons. The Morgan fingerprint density at radius 3 is 2.14 bits per heavy atom.